The number of rotatable bonds is 11. The lowest BCUT2D eigenvalue weighted by molar-refractivity contribution is -0.139. The number of benzene rings is 1. The molecule has 0 N–H and O–H groups in total. The van der Waals surface area contributed by atoms with Crippen LogP contribution in [-0.4, -0.2) is 38.2 Å². The predicted octanol–water partition coefficient (Wildman–Crippen LogP) is 3.49. The molecule has 6 nitrogen and oxygen atoms in total. The van der Waals surface area contributed by atoms with E-state index in [-0.39, 0.29) is 12.2 Å². The second-order valence-corrected chi connectivity index (χ2v) is 5.70. The van der Waals surface area contributed by atoms with E-state index < -0.39 is 11.9 Å². The van der Waals surface area contributed by atoms with Crippen molar-refractivity contribution in [1.82, 2.24) is 0 Å². The average Bonchev–Trinajstić information content (AvgIpc) is 2.69. The van der Waals surface area contributed by atoms with Crippen LogP contribution in [0.2, 0.25) is 0 Å². The summed E-state index contributed by atoms with van der Waals surface area (Å²) in [5, 5.41) is 9.18. The van der Waals surface area contributed by atoms with Gasteiger partial charge in [-0.2, -0.15) is 5.26 Å². The molecule has 0 atom stereocenters. The lowest BCUT2D eigenvalue weighted by atomic mass is 10.1. The molecule has 0 heterocycles. The quantitative estimate of drug-likeness (QED) is 0.257. The van der Waals surface area contributed by atoms with Gasteiger partial charge >= 0.3 is 11.9 Å². The third kappa shape index (κ3) is 7.78. The molecule has 0 aliphatic heterocycles. The summed E-state index contributed by atoms with van der Waals surface area (Å²) in [4.78, 5) is 25.1. The van der Waals surface area contributed by atoms with E-state index in [2.05, 4.69) is 6.58 Å². The van der Waals surface area contributed by atoms with Crippen molar-refractivity contribution in [3.05, 3.63) is 48.1 Å². The third-order valence-electron chi connectivity index (χ3n) is 3.79. The summed E-state index contributed by atoms with van der Waals surface area (Å²) in [6, 6.07) is 9.32. The van der Waals surface area contributed by atoms with Gasteiger partial charge in [0.2, 0.25) is 0 Å². The van der Waals surface area contributed by atoms with Crippen LogP contribution in [0.4, 0.5) is 5.69 Å². The molecule has 0 radical (unpaired) electrons. The first-order valence-electron chi connectivity index (χ1n) is 8.98. The molecular weight excluding hydrogens is 344 g/mol. The van der Waals surface area contributed by atoms with Crippen LogP contribution in [-0.2, 0) is 19.1 Å². The monoisotopic (exact) mass is 370 g/mol. The molecule has 0 aliphatic rings. The first-order chi connectivity index (χ1) is 13.0. The number of nitriles is 1. The molecule has 0 fully saturated rings. The highest BCUT2D eigenvalue weighted by atomic mass is 16.5. The predicted molar refractivity (Wildman–Crippen MR) is 105 cm³/mol. The van der Waals surface area contributed by atoms with Gasteiger partial charge in [-0.3, -0.25) is 0 Å². The number of carbonyl (C=O) groups is 2. The van der Waals surface area contributed by atoms with E-state index in [1.807, 2.05) is 49.1 Å². The van der Waals surface area contributed by atoms with Gasteiger partial charge in [0.25, 0.3) is 0 Å². The Balaban J connectivity index is 2.74. The number of unbranched alkanes of at least 4 members (excludes halogenated alkanes) is 1. The highest BCUT2D eigenvalue weighted by Gasteiger charge is 2.11. The summed E-state index contributed by atoms with van der Waals surface area (Å²) in [6.07, 6.45) is 4.34. The van der Waals surface area contributed by atoms with Gasteiger partial charge in [-0.1, -0.05) is 32.1 Å². The Morgan fingerprint density at radius 2 is 1.89 bits per heavy atom. The lowest BCUT2D eigenvalue weighted by Crippen LogP contribution is -2.27. The van der Waals surface area contributed by atoms with Gasteiger partial charge in [0.1, 0.15) is 18.2 Å². The number of ether oxygens (including phenoxy) is 2. The lowest BCUT2D eigenvalue weighted by Gasteiger charge is -2.22. The fourth-order valence-electron chi connectivity index (χ4n) is 2.26. The van der Waals surface area contributed by atoms with E-state index in [4.69, 9.17) is 9.47 Å². The van der Waals surface area contributed by atoms with E-state index >= 15 is 0 Å². The Kier molecular flexibility index (Phi) is 10.0. The Labute approximate surface area is 160 Å². The van der Waals surface area contributed by atoms with Crippen LogP contribution in [0.3, 0.4) is 0 Å². The van der Waals surface area contributed by atoms with Crippen LogP contribution in [0.1, 0.15) is 32.3 Å². The van der Waals surface area contributed by atoms with Crippen molar-refractivity contribution in [2.45, 2.75) is 26.7 Å². The van der Waals surface area contributed by atoms with Crippen LogP contribution in [0.5, 0.6) is 0 Å². The largest absolute Gasteiger partial charge is 0.462 e. The second kappa shape index (κ2) is 12.3. The van der Waals surface area contributed by atoms with Crippen LogP contribution in [0.15, 0.2) is 42.5 Å². The van der Waals surface area contributed by atoms with Gasteiger partial charge < -0.3 is 14.4 Å². The van der Waals surface area contributed by atoms with E-state index in [9.17, 15) is 14.9 Å². The minimum atomic E-state index is -0.603. The summed E-state index contributed by atoms with van der Waals surface area (Å²) in [7, 11) is 0. The molecular formula is C21H26N2O4. The Bertz CT molecular complexity index is 702. The molecule has 27 heavy (non-hydrogen) atoms. The van der Waals surface area contributed by atoms with Crippen LogP contribution >= 0.6 is 0 Å². The Morgan fingerprint density at radius 1 is 1.19 bits per heavy atom. The summed E-state index contributed by atoms with van der Waals surface area (Å²) in [6.45, 7) is 9.24. The maximum Gasteiger partial charge on any atom is 0.348 e. The standard InChI is InChI=1S/C21H26N2O4/c1-4-7-13-27-21(25)18(16-22)15-17-8-10-19(11-9-17)23(6-3)12-14-26-20(24)5-2/h5,8-11,15H,2,4,6-7,12-14H2,1,3H3. The molecule has 0 aromatic heterocycles. The number of nitrogens with zero attached hydrogens (tertiary/aromatic N) is 2. The van der Waals surface area contributed by atoms with Crippen LogP contribution < -0.4 is 4.90 Å². The minimum absolute atomic E-state index is 0.0254. The normalized spacial score (nSPS) is 10.6. The number of hydrogen-bond acceptors (Lipinski definition) is 6. The zero-order valence-corrected chi connectivity index (χ0v) is 15.9. The molecule has 144 valence electrons. The van der Waals surface area contributed by atoms with Crippen molar-refractivity contribution in [3.63, 3.8) is 0 Å². The van der Waals surface area contributed by atoms with Crippen molar-refractivity contribution in [3.8, 4) is 6.07 Å². The summed E-state index contributed by atoms with van der Waals surface area (Å²) >= 11 is 0. The van der Waals surface area contributed by atoms with Gasteiger partial charge in [-0.25, -0.2) is 9.59 Å². The van der Waals surface area contributed by atoms with Crippen LogP contribution in [0.25, 0.3) is 6.08 Å². The number of anilines is 1. The molecule has 0 spiro atoms. The van der Waals surface area contributed by atoms with E-state index in [1.165, 1.54) is 6.08 Å². The molecule has 1 rings (SSSR count). The topological polar surface area (TPSA) is 79.6 Å². The summed E-state index contributed by atoms with van der Waals surface area (Å²) < 4.78 is 10.1. The van der Waals surface area contributed by atoms with Crippen molar-refractivity contribution in [1.29, 1.82) is 5.26 Å². The number of carbonyl (C=O) groups excluding carboxylic acids is 2. The van der Waals surface area contributed by atoms with E-state index in [0.717, 1.165) is 36.7 Å². The SMILES string of the molecule is C=CC(=O)OCCN(CC)c1ccc(C=C(C#N)C(=O)OCCCC)cc1. The smallest absolute Gasteiger partial charge is 0.348 e. The van der Waals surface area contributed by atoms with E-state index in [1.54, 1.807) is 0 Å². The fraction of sp³-hybridized carbons (Fsp3) is 0.381. The fourth-order valence-corrected chi connectivity index (χ4v) is 2.26. The van der Waals surface area contributed by atoms with Gasteiger partial charge in [0.15, 0.2) is 0 Å². The molecule has 0 bridgehead atoms. The Morgan fingerprint density at radius 3 is 2.44 bits per heavy atom. The average molecular weight is 370 g/mol. The number of hydrogen-bond donors (Lipinski definition) is 0. The third-order valence-corrected chi connectivity index (χ3v) is 3.79. The highest BCUT2D eigenvalue weighted by molar-refractivity contribution is 5.97. The molecule has 0 aliphatic carbocycles. The molecule has 6 heteroatoms. The van der Waals surface area contributed by atoms with Crippen molar-refractivity contribution in [2.75, 3.05) is 31.2 Å². The molecule has 0 saturated heterocycles. The van der Waals surface area contributed by atoms with Crippen LogP contribution in [0, 0.1) is 11.3 Å². The van der Waals surface area contributed by atoms with Crippen molar-refractivity contribution in [2.24, 2.45) is 0 Å². The van der Waals surface area contributed by atoms with Gasteiger partial charge in [-0.15, -0.1) is 0 Å². The van der Waals surface area contributed by atoms with Gasteiger partial charge in [0.05, 0.1) is 13.2 Å². The number of esters is 2. The van der Waals surface area contributed by atoms with Crippen molar-refractivity contribution >= 4 is 23.7 Å². The molecule has 0 unspecified atom stereocenters. The zero-order chi connectivity index (χ0) is 20.1. The Hall–Kier alpha value is -3.07. The second-order valence-electron chi connectivity index (χ2n) is 5.70. The summed E-state index contributed by atoms with van der Waals surface area (Å²) in [5.74, 6) is -1.05. The number of likely N-dealkylation sites (N-methyl/N-ethyl adjacent to an activating group) is 1. The molecule has 1 aromatic carbocycles. The van der Waals surface area contributed by atoms with Gasteiger partial charge in [-0.05, 0) is 37.1 Å². The first kappa shape index (κ1) is 22.0. The maximum atomic E-state index is 11.9. The highest BCUT2D eigenvalue weighted by Crippen LogP contribution is 2.17. The first-order valence-corrected chi connectivity index (χ1v) is 8.98. The minimum Gasteiger partial charge on any atom is -0.462 e. The molecule has 0 amide bonds. The molecule has 1 aromatic rings. The van der Waals surface area contributed by atoms with Gasteiger partial charge in [0, 0.05) is 18.3 Å². The maximum absolute atomic E-state index is 11.9. The molecule has 0 saturated carbocycles. The summed E-state index contributed by atoms with van der Waals surface area (Å²) in [5.41, 5.74) is 1.66. The van der Waals surface area contributed by atoms with E-state index in [0.29, 0.717) is 13.2 Å². The van der Waals surface area contributed by atoms with Crippen molar-refractivity contribution < 1.29 is 19.1 Å². The zero-order valence-electron chi connectivity index (χ0n) is 15.9.